The Hall–Kier alpha value is -2.79. The SMILES string of the molecule is CCC(C)C(NC(=O)CNC(=O)C(CS)NC(=O)C(N)Cc1ccc(O)cc1)C(=O)O. The largest absolute Gasteiger partial charge is 0.508 e. The number of aromatic hydroxyl groups is 1. The first-order chi connectivity index (χ1) is 14.6. The molecule has 0 bridgehead atoms. The highest BCUT2D eigenvalue weighted by molar-refractivity contribution is 7.80. The average molecular weight is 455 g/mol. The molecule has 11 heteroatoms. The van der Waals surface area contributed by atoms with Crippen molar-refractivity contribution in [1.29, 1.82) is 0 Å². The van der Waals surface area contributed by atoms with E-state index in [1.54, 1.807) is 26.0 Å². The fourth-order valence-corrected chi connectivity index (χ4v) is 2.91. The first-order valence-corrected chi connectivity index (χ1v) is 10.5. The number of rotatable bonds is 12. The van der Waals surface area contributed by atoms with Crippen molar-refractivity contribution in [3.63, 3.8) is 0 Å². The highest BCUT2D eigenvalue weighted by atomic mass is 32.1. The van der Waals surface area contributed by atoms with Crippen molar-refractivity contribution in [2.24, 2.45) is 11.7 Å². The maximum Gasteiger partial charge on any atom is 0.326 e. The Balaban J connectivity index is 2.56. The molecule has 0 aliphatic rings. The third kappa shape index (κ3) is 8.85. The third-order valence-corrected chi connectivity index (χ3v) is 5.13. The second-order valence-electron chi connectivity index (χ2n) is 7.21. The molecule has 0 aliphatic carbocycles. The number of hydrogen-bond acceptors (Lipinski definition) is 7. The number of thiol groups is 1. The summed E-state index contributed by atoms with van der Waals surface area (Å²) in [4.78, 5) is 47.9. The van der Waals surface area contributed by atoms with Crippen molar-refractivity contribution in [2.75, 3.05) is 12.3 Å². The fraction of sp³-hybridized carbons (Fsp3) is 0.500. The number of carbonyl (C=O) groups is 4. The van der Waals surface area contributed by atoms with Crippen molar-refractivity contribution in [3.8, 4) is 5.75 Å². The highest BCUT2D eigenvalue weighted by Gasteiger charge is 2.26. The van der Waals surface area contributed by atoms with Gasteiger partial charge in [0.05, 0.1) is 12.6 Å². The lowest BCUT2D eigenvalue weighted by Gasteiger charge is -2.21. The molecular formula is C20H30N4O6S. The van der Waals surface area contributed by atoms with E-state index < -0.39 is 48.4 Å². The van der Waals surface area contributed by atoms with Gasteiger partial charge in [-0.15, -0.1) is 0 Å². The number of carboxylic acid groups (broad SMARTS) is 1. The Morgan fingerprint density at radius 1 is 1.10 bits per heavy atom. The van der Waals surface area contributed by atoms with Gasteiger partial charge in [0.2, 0.25) is 17.7 Å². The van der Waals surface area contributed by atoms with Gasteiger partial charge < -0.3 is 31.9 Å². The first-order valence-electron chi connectivity index (χ1n) is 9.83. The molecule has 31 heavy (non-hydrogen) atoms. The molecule has 0 saturated carbocycles. The zero-order valence-corrected chi connectivity index (χ0v) is 18.4. The lowest BCUT2D eigenvalue weighted by molar-refractivity contribution is -0.143. The van der Waals surface area contributed by atoms with Crippen LogP contribution in [0.15, 0.2) is 24.3 Å². The molecule has 0 heterocycles. The Kier molecular flexibility index (Phi) is 10.8. The van der Waals surface area contributed by atoms with E-state index in [1.807, 2.05) is 0 Å². The molecule has 1 aromatic rings. The number of aliphatic carboxylic acids is 1. The topological polar surface area (TPSA) is 171 Å². The summed E-state index contributed by atoms with van der Waals surface area (Å²) in [6.45, 7) is 3.06. The van der Waals surface area contributed by atoms with Crippen LogP contribution in [0.25, 0.3) is 0 Å². The minimum absolute atomic E-state index is 0.0320. The number of nitrogens with one attached hydrogen (secondary N) is 3. The molecule has 0 fully saturated rings. The van der Waals surface area contributed by atoms with Gasteiger partial charge in [-0.25, -0.2) is 4.79 Å². The zero-order chi connectivity index (χ0) is 23.6. The molecule has 172 valence electrons. The van der Waals surface area contributed by atoms with Crippen LogP contribution in [0.3, 0.4) is 0 Å². The number of phenols is 1. The zero-order valence-electron chi connectivity index (χ0n) is 17.5. The third-order valence-electron chi connectivity index (χ3n) is 4.76. The molecule has 0 spiro atoms. The molecule has 0 saturated heterocycles. The summed E-state index contributed by atoms with van der Waals surface area (Å²) in [5.74, 6) is -3.25. The van der Waals surface area contributed by atoms with Gasteiger partial charge in [-0.3, -0.25) is 14.4 Å². The lowest BCUT2D eigenvalue weighted by Crippen LogP contribution is -2.55. The second-order valence-corrected chi connectivity index (χ2v) is 7.57. The van der Waals surface area contributed by atoms with Crippen LogP contribution >= 0.6 is 12.6 Å². The smallest absolute Gasteiger partial charge is 0.326 e. The van der Waals surface area contributed by atoms with E-state index in [4.69, 9.17) is 5.73 Å². The predicted molar refractivity (Wildman–Crippen MR) is 118 cm³/mol. The van der Waals surface area contributed by atoms with Crippen LogP contribution in [0, 0.1) is 5.92 Å². The maximum absolute atomic E-state index is 12.3. The number of hydrogen-bond donors (Lipinski definition) is 7. The van der Waals surface area contributed by atoms with Gasteiger partial charge in [-0.1, -0.05) is 32.4 Å². The molecule has 3 amide bonds. The number of nitrogens with two attached hydrogens (primary N) is 1. The molecule has 0 radical (unpaired) electrons. The molecule has 0 aromatic heterocycles. The minimum atomic E-state index is -1.16. The maximum atomic E-state index is 12.3. The summed E-state index contributed by atoms with van der Waals surface area (Å²) in [6.07, 6.45) is 0.753. The Morgan fingerprint density at radius 3 is 2.23 bits per heavy atom. The summed E-state index contributed by atoms with van der Waals surface area (Å²) >= 11 is 4.05. The monoisotopic (exact) mass is 454 g/mol. The Morgan fingerprint density at radius 2 is 1.71 bits per heavy atom. The summed E-state index contributed by atoms with van der Waals surface area (Å²) in [6, 6.07) is 3.19. The van der Waals surface area contributed by atoms with E-state index in [-0.39, 0.29) is 23.8 Å². The standard InChI is InChI=1S/C20H30N4O6S/c1-3-11(2)17(20(29)30)24-16(26)9-22-19(28)15(10-31)23-18(27)14(21)8-12-4-6-13(25)7-5-12/h4-7,11,14-15,17,25,31H,3,8-10,21H2,1-2H3,(H,22,28)(H,23,27)(H,24,26)(H,29,30). The lowest BCUT2D eigenvalue weighted by atomic mass is 9.99. The quantitative estimate of drug-likeness (QED) is 0.207. The van der Waals surface area contributed by atoms with Gasteiger partial charge in [0.1, 0.15) is 17.8 Å². The molecule has 4 unspecified atom stereocenters. The van der Waals surface area contributed by atoms with Crippen LogP contribution in [0.2, 0.25) is 0 Å². The van der Waals surface area contributed by atoms with Gasteiger partial charge in [-0.2, -0.15) is 12.6 Å². The molecule has 7 N–H and O–H groups in total. The normalized spacial score (nSPS) is 14.6. The summed E-state index contributed by atoms with van der Waals surface area (Å²) in [5.41, 5.74) is 6.62. The van der Waals surface area contributed by atoms with Gasteiger partial charge in [-0.05, 0) is 30.0 Å². The Bertz CT molecular complexity index is 773. The van der Waals surface area contributed by atoms with Crippen LogP contribution in [0.1, 0.15) is 25.8 Å². The number of carboxylic acids is 1. The molecule has 4 atom stereocenters. The first kappa shape index (κ1) is 26.2. The van der Waals surface area contributed by atoms with Gasteiger partial charge in [0, 0.05) is 5.75 Å². The van der Waals surface area contributed by atoms with Gasteiger partial charge in [0.25, 0.3) is 0 Å². The summed E-state index contributed by atoms with van der Waals surface area (Å²) in [7, 11) is 0. The molecule has 0 aliphatic heterocycles. The van der Waals surface area contributed by atoms with E-state index in [9.17, 15) is 29.4 Å². The van der Waals surface area contributed by atoms with E-state index in [2.05, 4.69) is 28.6 Å². The Labute approximate surface area is 186 Å². The number of phenolic OH excluding ortho intramolecular Hbond substituents is 1. The second kappa shape index (κ2) is 12.8. The van der Waals surface area contributed by atoms with Crippen LogP contribution in [0.5, 0.6) is 5.75 Å². The minimum Gasteiger partial charge on any atom is -0.508 e. The van der Waals surface area contributed by atoms with E-state index in [0.29, 0.717) is 6.42 Å². The molecule has 1 rings (SSSR count). The van der Waals surface area contributed by atoms with Crippen LogP contribution < -0.4 is 21.7 Å². The van der Waals surface area contributed by atoms with E-state index in [0.717, 1.165) is 5.56 Å². The molecule has 10 nitrogen and oxygen atoms in total. The van der Waals surface area contributed by atoms with E-state index in [1.165, 1.54) is 12.1 Å². The van der Waals surface area contributed by atoms with Crippen LogP contribution in [0.4, 0.5) is 0 Å². The molecule has 1 aromatic carbocycles. The predicted octanol–water partition coefficient (Wildman–Crippen LogP) is -0.592. The van der Waals surface area contributed by atoms with Crippen molar-refractivity contribution in [1.82, 2.24) is 16.0 Å². The highest BCUT2D eigenvalue weighted by Crippen LogP contribution is 2.11. The van der Waals surface area contributed by atoms with E-state index >= 15 is 0 Å². The summed E-state index contributed by atoms with van der Waals surface area (Å²) < 4.78 is 0. The summed E-state index contributed by atoms with van der Waals surface area (Å²) in [5, 5.41) is 25.7. The number of benzene rings is 1. The van der Waals surface area contributed by atoms with Crippen molar-refractivity contribution < 1.29 is 29.4 Å². The van der Waals surface area contributed by atoms with Gasteiger partial charge >= 0.3 is 5.97 Å². The fourth-order valence-electron chi connectivity index (χ4n) is 2.65. The van der Waals surface area contributed by atoms with Gasteiger partial charge in [0.15, 0.2) is 0 Å². The van der Waals surface area contributed by atoms with Crippen LogP contribution in [-0.2, 0) is 25.6 Å². The van der Waals surface area contributed by atoms with Crippen molar-refractivity contribution in [2.45, 2.75) is 44.8 Å². The average Bonchev–Trinajstić information content (AvgIpc) is 2.74. The van der Waals surface area contributed by atoms with Crippen molar-refractivity contribution in [3.05, 3.63) is 29.8 Å². The number of carbonyl (C=O) groups excluding carboxylic acids is 3. The van der Waals surface area contributed by atoms with Crippen LogP contribution in [-0.4, -0.2) is 64.3 Å². The molecular weight excluding hydrogens is 424 g/mol. The number of amides is 3. The van der Waals surface area contributed by atoms with Crippen molar-refractivity contribution >= 4 is 36.3 Å².